The fourth-order valence-electron chi connectivity index (χ4n) is 6.84. The zero-order valence-electron chi connectivity index (χ0n) is 34.4. The molecule has 0 spiro atoms. The van der Waals surface area contributed by atoms with Crippen LogP contribution in [0.3, 0.4) is 0 Å². The zero-order chi connectivity index (χ0) is 37.1. The van der Waals surface area contributed by atoms with Gasteiger partial charge in [0.25, 0.3) is 0 Å². The second-order valence-corrected chi connectivity index (χ2v) is 15.5. The van der Waals surface area contributed by atoms with Crippen LogP contribution in [0.25, 0.3) is 0 Å². The van der Waals surface area contributed by atoms with Gasteiger partial charge in [-0.1, -0.05) is 211 Å². The lowest BCUT2D eigenvalue weighted by atomic mass is 10.0. The molecule has 0 aromatic carbocycles. The van der Waals surface area contributed by atoms with Gasteiger partial charge in [0.05, 0.1) is 18.8 Å². The highest BCUT2D eigenvalue weighted by atomic mass is 16.3. The highest BCUT2D eigenvalue weighted by Gasteiger charge is 2.17. The van der Waals surface area contributed by atoms with Gasteiger partial charge in [0, 0.05) is 6.42 Å². The number of aliphatic hydroxyl groups is 2. The van der Waals surface area contributed by atoms with E-state index in [9.17, 15) is 15.0 Å². The van der Waals surface area contributed by atoms with Gasteiger partial charge in [0.15, 0.2) is 0 Å². The molecule has 4 heteroatoms. The van der Waals surface area contributed by atoms with Gasteiger partial charge in [-0.3, -0.25) is 4.79 Å². The van der Waals surface area contributed by atoms with E-state index in [-0.39, 0.29) is 12.5 Å². The molecule has 1 amide bonds. The molecule has 3 N–H and O–H groups in total. The molecule has 0 bridgehead atoms. The molecule has 0 aromatic heterocycles. The first-order valence-electron chi connectivity index (χ1n) is 22.7. The third kappa shape index (κ3) is 39.6. The predicted octanol–water partition coefficient (Wildman–Crippen LogP) is 14.2. The van der Waals surface area contributed by atoms with E-state index in [4.69, 9.17) is 0 Å². The SMILES string of the molecule is CCCCCCCCCCC/C=C\CCCCCCCCCC(=O)NC(CO)C(O)/C=C/CC/C=C/CCCCCCCCCCCCCCC. The van der Waals surface area contributed by atoms with Crippen LogP contribution in [0.2, 0.25) is 0 Å². The predicted molar refractivity (Wildman–Crippen MR) is 225 cm³/mol. The number of unbranched alkanes of at least 4 members (excludes halogenated alkanes) is 30. The van der Waals surface area contributed by atoms with Gasteiger partial charge < -0.3 is 15.5 Å². The monoisotopic (exact) mass is 716 g/mol. The average Bonchev–Trinajstić information content (AvgIpc) is 3.13. The van der Waals surface area contributed by atoms with Gasteiger partial charge in [-0.25, -0.2) is 0 Å². The van der Waals surface area contributed by atoms with Crippen molar-refractivity contribution in [1.29, 1.82) is 0 Å². The number of allylic oxidation sites excluding steroid dienone is 5. The normalized spacial score (nSPS) is 13.3. The summed E-state index contributed by atoms with van der Waals surface area (Å²) in [5, 5.41) is 23.0. The van der Waals surface area contributed by atoms with Crippen molar-refractivity contribution in [3.63, 3.8) is 0 Å². The molecule has 0 aliphatic carbocycles. The van der Waals surface area contributed by atoms with Crippen molar-refractivity contribution in [1.82, 2.24) is 5.32 Å². The molecule has 0 saturated heterocycles. The molecule has 300 valence electrons. The highest BCUT2D eigenvalue weighted by Crippen LogP contribution is 2.15. The summed E-state index contributed by atoms with van der Waals surface area (Å²) < 4.78 is 0. The lowest BCUT2D eigenvalue weighted by Crippen LogP contribution is -2.45. The molecule has 2 unspecified atom stereocenters. The Kier molecular flexibility index (Phi) is 41.8. The van der Waals surface area contributed by atoms with Gasteiger partial charge in [-0.15, -0.1) is 0 Å². The number of nitrogens with one attached hydrogen (secondary N) is 1. The molecule has 0 fully saturated rings. The highest BCUT2D eigenvalue weighted by molar-refractivity contribution is 5.76. The first-order valence-corrected chi connectivity index (χ1v) is 22.7. The minimum Gasteiger partial charge on any atom is -0.394 e. The van der Waals surface area contributed by atoms with Crippen LogP contribution in [0.5, 0.6) is 0 Å². The van der Waals surface area contributed by atoms with Crippen LogP contribution in [0.15, 0.2) is 36.5 Å². The Morgan fingerprint density at radius 3 is 1.14 bits per heavy atom. The molecule has 0 aliphatic heterocycles. The lowest BCUT2D eigenvalue weighted by Gasteiger charge is -2.19. The summed E-state index contributed by atoms with van der Waals surface area (Å²) in [5.74, 6) is -0.0770. The lowest BCUT2D eigenvalue weighted by molar-refractivity contribution is -0.123. The Balaban J connectivity index is 3.60. The molecular formula is C47H89NO3. The quantitative estimate of drug-likeness (QED) is 0.0436. The molecular weight excluding hydrogens is 627 g/mol. The van der Waals surface area contributed by atoms with Crippen LogP contribution in [0.4, 0.5) is 0 Å². The third-order valence-electron chi connectivity index (χ3n) is 10.3. The first kappa shape index (κ1) is 49.6. The minimum absolute atomic E-state index is 0.0770. The average molecular weight is 716 g/mol. The van der Waals surface area contributed by atoms with Crippen molar-refractivity contribution >= 4 is 5.91 Å². The zero-order valence-corrected chi connectivity index (χ0v) is 34.4. The minimum atomic E-state index is -0.863. The molecule has 0 aliphatic rings. The Hall–Kier alpha value is -1.39. The van der Waals surface area contributed by atoms with Crippen LogP contribution in [0, 0.1) is 0 Å². The van der Waals surface area contributed by atoms with E-state index in [1.54, 1.807) is 6.08 Å². The van der Waals surface area contributed by atoms with Crippen LogP contribution < -0.4 is 5.32 Å². The van der Waals surface area contributed by atoms with Gasteiger partial charge in [-0.05, 0) is 57.8 Å². The number of hydrogen-bond donors (Lipinski definition) is 3. The van der Waals surface area contributed by atoms with Gasteiger partial charge in [0.2, 0.25) is 5.91 Å². The fraction of sp³-hybridized carbons (Fsp3) is 0.851. The van der Waals surface area contributed by atoms with E-state index in [2.05, 4.69) is 43.5 Å². The number of carbonyl (C=O) groups is 1. The summed E-state index contributed by atoms with van der Waals surface area (Å²) in [6, 6.07) is -0.640. The van der Waals surface area contributed by atoms with Crippen LogP contribution in [0.1, 0.15) is 239 Å². The second kappa shape index (κ2) is 43.0. The van der Waals surface area contributed by atoms with E-state index in [0.717, 1.165) is 32.1 Å². The van der Waals surface area contributed by atoms with E-state index >= 15 is 0 Å². The molecule has 0 heterocycles. The standard InChI is InChI=1S/C47H89NO3/c1-3-5-7-9-11-13-15-17-19-21-23-25-27-29-31-33-35-37-39-41-43-47(51)48-45(44-49)46(50)42-40-38-36-34-32-30-28-26-24-22-20-18-16-14-12-10-8-6-4-2/h23,25,32,34,40,42,45-46,49-50H,3-22,24,26-31,33,35-39,41,43-44H2,1-2H3,(H,48,51)/b25-23-,34-32+,42-40+. The molecule has 0 saturated carbocycles. The van der Waals surface area contributed by atoms with E-state index < -0.39 is 12.1 Å². The largest absolute Gasteiger partial charge is 0.394 e. The van der Waals surface area contributed by atoms with Crippen molar-refractivity contribution in [2.24, 2.45) is 0 Å². The van der Waals surface area contributed by atoms with Crippen molar-refractivity contribution in [2.45, 2.75) is 251 Å². The van der Waals surface area contributed by atoms with Crippen molar-refractivity contribution < 1.29 is 15.0 Å². The van der Waals surface area contributed by atoms with Crippen LogP contribution >= 0.6 is 0 Å². The van der Waals surface area contributed by atoms with Crippen molar-refractivity contribution in [3.05, 3.63) is 36.5 Å². The molecule has 0 radical (unpaired) electrons. The molecule has 0 rings (SSSR count). The summed E-state index contributed by atoms with van der Waals surface area (Å²) in [4.78, 5) is 12.4. The molecule has 51 heavy (non-hydrogen) atoms. The van der Waals surface area contributed by atoms with Gasteiger partial charge in [-0.2, -0.15) is 0 Å². The summed E-state index contributed by atoms with van der Waals surface area (Å²) in [6.07, 6.45) is 56.9. The Morgan fingerprint density at radius 1 is 0.451 bits per heavy atom. The van der Waals surface area contributed by atoms with E-state index in [1.807, 2.05) is 6.08 Å². The third-order valence-corrected chi connectivity index (χ3v) is 10.3. The summed E-state index contributed by atoms with van der Waals surface area (Å²) in [7, 11) is 0. The maximum Gasteiger partial charge on any atom is 0.220 e. The number of rotatable bonds is 41. The molecule has 4 nitrogen and oxygen atoms in total. The molecule has 2 atom stereocenters. The van der Waals surface area contributed by atoms with Gasteiger partial charge in [0.1, 0.15) is 0 Å². The number of hydrogen-bond acceptors (Lipinski definition) is 3. The smallest absolute Gasteiger partial charge is 0.220 e. The topological polar surface area (TPSA) is 69.6 Å². The summed E-state index contributed by atoms with van der Waals surface area (Å²) in [6.45, 7) is 4.31. The summed E-state index contributed by atoms with van der Waals surface area (Å²) in [5.41, 5.74) is 0. The maximum atomic E-state index is 12.4. The Morgan fingerprint density at radius 2 is 0.765 bits per heavy atom. The number of amides is 1. The second-order valence-electron chi connectivity index (χ2n) is 15.5. The Labute approximate surface area is 319 Å². The fourth-order valence-corrected chi connectivity index (χ4v) is 6.84. The number of carbonyl (C=O) groups excluding carboxylic acids is 1. The van der Waals surface area contributed by atoms with Crippen molar-refractivity contribution in [3.8, 4) is 0 Å². The molecule has 0 aromatic rings. The Bertz CT molecular complexity index is 775. The van der Waals surface area contributed by atoms with Crippen molar-refractivity contribution in [2.75, 3.05) is 6.61 Å². The van der Waals surface area contributed by atoms with E-state index in [1.165, 1.54) is 186 Å². The first-order chi connectivity index (χ1) is 25.2. The van der Waals surface area contributed by atoms with Crippen LogP contribution in [-0.4, -0.2) is 34.9 Å². The van der Waals surface area contributed by atoms with Gasteiger partial charge >= 0.3 is 0 Å². The van der Waals surface area contributed by atoms with E-state index in [0.29, 0.717) is 6.42 Å². The van der Waals surface area contributed by atoms with Crippen LogP contribution in [-0.2, 0) is 4.79 Å². The number of aliphatic hydroxyl groups excluding tert-OH is 2. The summed E-state index contributed by atoms with van der Waals surface area (Å²) >= 11 is 0. The maximum absolute atomic E-state index is 12.4.